The van der Waals surface area contributed by atoms with Gasteiger partial charge in [0.15, 0.2) is 0 Å². The summed E-state index contributed by atoms with van der Waals surface area (Å²) in [4.78, 5) is 14.8. The van der Waals surface area contributed by atoms with Crippen molar-refractivity contribution in [1.29, 1.82) is 0 Å². The number of nitrogens with zero attached hydrogens (tertiary/aromatic N) is 4. The Balaban J connectivity index is 0.000000321. The van der Waals surface area contributed by atoms with Crippen LogP contribution in [0.25, 0.3) is 0 Å². The van der Waals surface area contributed by atoms with Gasteiger partial charge < -0.3 is 0 Å². The van der Waals surface area contributed by atoms with E-state index in [1.807, 2.05) is 40.5 Å². The number of hydrogen-bond donors (Lipinski definition) is 0. The zero-order chi connectivity index (χ0) is 19.9. The van der Waals surface area contributed by atoms with Crippen molar-refractivity contribution in [2.75, 3.05) is 27.3 Å². The van der Waals surface area contributed by atoms with E-state index in [-0.39, 0.29) is 10.6 Å². The third-order valence-corrected chi connectivity index (χ3v) is 4.63. The monoisotopic (exact) mass is 396 g/mol. The lowest BCUT2D eigenvalue weighted by atomic mass is 10.2. The molecule has 0 bridgehead atoms. The molecule has 1 aromatic heterocycles. The summed E-state index contributed by atoms with van der Waals surface area (Å²) in [5.74, 6) is 0. The van der Waals surface area contributed by atoms with Crippen molar-refractivity contribution in [3.05, 3.63) is 76.0 Å². The van der Waals surface area contributed by atoms with Crippen molar-refractivity contribution in [2.45, 2.75) is 6.42 Å². The lowest BCUT2D eigenvalue weighted by Gasteiger charge is -2.28. The number of allylic oxidation sites excluding steroid dienone is 3. The Morgan fingerprint density at radius 1 is 1.22 bits per heavy atom. The van der Waals surface area contributed by atoms with Crippen LogP contribution in [0.2, 0.25) is 0 Å². The van der Waals surface area contributed by atoms with Crippen LogP contribution < -0.4 is 0 Å². The zero-order valence-electron chi connectivity index (χ0n) is 14.9. The maximum absolute atomic E-state index is 11.1. The van der Waals surface area contributed by atoms with Crippen LogP contribution in [0.15, 0.2) is 60.3 Å². The first-order valence-corrected chi connectivity index (χ1v) is 9.23. The minimum absolute atomic E-state index is 0.250. The molecule has 2 aliphatic rings. The van der Waals surface area contributed by atoms with Gasteiger partial charge in [-0.1, -0.05) is 6.08 Å². The van der Waals surface area contributed by atoms with Gasteiger partial charge in [0.25, 0.3) is 5.70 Å². The van der Waals surface area contributed by atoms with Crippen LogP contribution in [-0.4, -0.2) is 55.7 Å². The first-order valence-electron chi connectivity index (χ1n) is 7.89. The van der Waals surface area contributed by atoms with E-state index in [9.17, 15) is 18.5 Å². The number of rotatable bonds is 6. The fourth-order valence-electron chi connectivity index (χ4n) is 2.45. The number of fused-ring (bicyclic) bond motifs is 1. The molecule has 0 unspecified atom stereocenters. The maximum atomic E-state index is 11.1. The normalized spacial score (nSPS) is 16.1. The third kappa shape index (κ3) is 5.69. The Labute approximate surface area is 157 Å². The van der Waals surface area contributed by atoms with E-state index < -0.39 is 10.4 Å². The van der Waals surface area contributed by atoms with Crippen LogP contribution >= 0.6 is 0 Å². The van der Waals surface area contributed by atoms with Crippen LogP contribution in [-0.2, 0) is 25.2 Å². The fourth-order valence-corrected chi connectivity index (χ4v) is 2.59. The molecule has 0 atom stereocenters. The van der Waals surface area contributed by atoms with Crippen LogP contribution in [0, 0.1) is 10.1 Å². The first-order chi connectivity index (χ1) is 12.9. The minimum Gasteiger partial charge on any atom is -0.275 e. The maximum Gasteiger partial charge on any atom is 0.399 e. The molecule has 0 saturated carbocycles. The Bertz CT molecular complexity index is 841. The molecule has 0 N–H and O–H groups in total. The number of pyridine rings is 1. The molecule has 0 aromatic carbocycles. The summed E-state index contributed by atoms with van der Waals surface area (Å²) in [5, 5.41) is 14.9. The van der Waals surface area contributed by atoms with E-state index in [0.29, 0.717) is 12.2 Å². The average Bonchev–Trinajstić information content (AvgIpc) is 3.07. The molecule has 10 nitrogen and oxygen atoms in total. The highest BCUT2D eigenvalue weighted by Crippen LogP contribution is 2.27. The van der Waals surface area contributed by atoms with E-state index in [1.54, 1.807) is 18.5 Å². The molecular weight excluding hydrogens is 376 g/mol. The van der Waals surface area contributed by atoms with E-state index in [4.69, 9.17) is 0 Å². The highest BCUT2D eigenvalue weighted by Gasteiger charge is 2.35. The second kappa shape index (κ2) is 9.37. The van der Waals surface area contributed by atoms with Gasteiger partial charge in [0.1, 0.15) is 12.2 Å². The number of nitro groups is 1. The zero-order valence-corrected chi connectivity index (χ0v) is 15.7. The van der Waals surface area contributed by atoms with Crippen LogP contribution in [0.4, 0.5) is 0 Å². The van der Waals surface area contributed by atoms with Crippen molar-refractivity contribution >= 4 is 10.4 Å². The summed E-state index contributed by atoms with van der Waals surface area (Å²) >= 11 is 0. The summed E-state index contributed by atoms with van der Waals surface area (Å²) in [6.07, 6.45) is 11.7. The topological polar surface area (TPSA) is 115 Å². The second-order valence-corrected chi connectivity index (χ2v) is 6.85. The molecule has 3 rings (SSSR count). The molecule has 11 heteroatoms. The molecule has 0 spiro atoms. The molecule has 146 valence electrons. The van der Waals surface area contributed by atoms with Gasteiger partial charge in [-0.3, -0.25) is 28.5 Å². The number of aromatic nitrogens is 1. The molecule has 0 aliphatic carbocycles. The Hall–Kier alpha value is -2.60. The molecule has 0 amide bonds. The molecule has 27 heavy (non-hydrogen) atoms. The summed E-state index contributed by atoms with van der Waals surface area (Å²) < 4.78 is 27.5. The molecule has 1 aromatic rings. The van der Waals surface area contributed by atoms with Crippen molar-refractivity contribution in [2.24, 2.45) is 0 Å². The van der Waals surface area contributed by atoms with Crippen molar-refractivity contribution < 1.29 is 21.7 Å². The molecule has 2 aliphatic heterocycles. The summed E-state index contributed by atoms with van der Waals surface area (Å²) in [6, 6.07) is 3.93. The molecule has 0 radical (unpaired) electrons. The van der Waals surface area contributed by atoms with E-state index >= 15 is 0 Å². The third-order valence-electron chi connectivity index (χ3n) is 3.81. The Morgan fingerprint density at radius 3 is 2.44 bits per heavy atom. The van der Waals surface area contributed by atoms with Crippen LogP contribution in [0.3, 0.4) is 0 Å². The van der Waals surface area contributed by atoms with Crippen LogP contribution in [0.5, 0.6) is 0 Å². The van der Waals surface area contributed by atoms with Gasteiger partial charge in [0.2, 0.25) is 0 Å². The fraction of sp³-hybridized carbons (Fsp3) is 0.312. The van der Waals surface area contributed by atoms with E-state index in [1.165, 1.54) is 5.56 Å². The second-order valence-electron chi connectivity index (χ2n) is 5.37. The average molecular weight is 396 g/mol. The number of hydrogen-bond acceptors (Lipinski definition) is 9. The Morgan fingerprint density at radius 2 is 1.89 bits per heavy atom. The van der Waals surface area contributed by atoms with E-state index in [0.717, 1.165) is 27.2 Å². The number of hydrazine groups is 1. The van der Waals surface area contributed by atoms with Crippen molar-refractivity contribution in [1.82, 2.24) is 15.0 Å². The molecular formula is C16H20N4O6S. The largest absolute Gasteiger partial charge is 0.399 e. The van der Waals surface area contributed by atoms with Gasteiger partial charge in [0, 0.05) is 25.1 Å². The SMILES string of the molecule is COS(=O)(=O)OC.O=[N+]([O-])C1=C2C=CC=CN2N(CCc2ccncc2)C1. The smallest absolute Gasteiger partial charge is 0.275 e. The van der Waals surface area contributed by atoms with Gasteiger partial charge in [-0.2, -0.15) is 8.42 Å². The summed E-state index contributed by atoms with van der Waals surface area (Å²) in [7, 11) is -1.60. The lowest BCUT2D eigenvalue weighted by Crippen LogP contribution is -2.35. The highest BCUT2D eigenvalue weighted by atomic mass is 32.3. The lowest BCUT2D eigenvalue weighted by molar-refractivity contribution is -0.426. The standard InChI is InChI=1S/C14H14N4O2.C2H6O4S/c19-18(20)14-11-16(17-9-2-1-3-13(14)17)10-6-12-4-7-15-8-5-12;1-5-7(3,4)6-2/h1-5,7-9H,6,10-11H2;1-2H3. The van der Waals surface area contributed by atoms with Gasteiger partial charge in [-0.05, 0) is 36.3 Å². The van der Waals surface area contributed by atoms with Crippen LogP contribution in [0.1, 0.15) is 5.56 Å². The van der Waals surface area contributed by atoms with E-state index in [2.05, 4.69) is 13.4 Å². The van der Waals surface area contributed by atoms with Gasteiger partial charge in [0.05, 0.1) is 19.1 Å². The molecule has 0 saturated heterocycles. The van der Waals surface area contributed by atoms with Gasteiger partial charge >= 0.3 is 10.4 Å². The Kier molecular flexibility index (Phi) is 7.19. The van der Waals surface area contributed by atoms with Gasteiger partial charge in [-0.15, -0.1) is 0 Å². The molecule has 0 fully saturated rings. The predicted molar refractivity (Wildman–Crippen MR) is 96.6 cm³/mol. The highest BCUT2D eigenvalue weighted by molar-refractivity contribution is 7.81. The molecule has 3 heterocycles. The van der Waals surface area contributed by atoms with Crippen molar-refractivity contribution in [3.63, 3.8) is 0 Å². The van der Waals surface area contributed by atoms with Gasteiger partial charge in [-0.25, -0.2) is 5.01 Å². The quantitative estimate of drug-likeness (QED) is 0.517. The first kappa shape index (κ1) is 20.7. The van der Waals surface area contributed by atoms with Crippen molar-refractivity contribution in [3.8, 4) is 0 Å². The summed E-state index contributed by atoms with van der Waals surface area (Å²) in [5.41, 5.74) is 2.08. The predicted octanol–water partition coefficient (Wildman–Crippen LogP) is 1.25. The summed E-state index contributed by atoms with van der Waals surface area (Å²) in [6.45, 7) is 1.06. The minimum atomic E-state index is -3.66.